The van der Waals surface area contributed by atoms with E-state index in [0.29, 0.717) is 32.4 Å². The smallest absolute Gasteiger partial charge is 0.302 e. The van der Waals surface area contributed by atoms with Gasteiger partial charge in [-0.05, 0) is 45.2 Å². The summed E-state index contributed by atoms with van der Waals surface area (Å²) in [4.78, 5) is 42.5. The number of aliphatic hydroxyl groups excluding tert-OH is 2. The number of ether oxygens (including phenoxy) is 4. The second kappa shape index (κ2) is 18.3. The van der Waals surface area contributed by atoms with Crippen LogP contribution in [0.15, 0.2) is 0 Å². The van der Waals surface area contributed by atoms with Gasteiger partial charge in [0.2, 0.25) is 11.7 Å². The van der Waals surface area contributed by atoms with Crippen LogP contribution in [0.3, 0.4) is 0 Å². The molecule has 3 aliphatic rings. The molecule has 0 aliphatic carbocycles. The standard InChI is InChI=1S/C42H64N2O12/c1-12-44(13-2)19-27-32-37(50)30-29(36(27)49)31-39(25(8)35(30)48)56-42(10,40(31)51)54-18-17-28(53-11)22(5)38(55-26(9)45)24(7)34(47)23(6)33(46)20(3)15-14-16-21(4)41(52)43-32/h20-24,28,33-34,38,46-50H,12-19H2,1-11H3,(H,43,52). The quantitative estimate of drug-likeness (QED) is 0.117. The molecule has 0 aromatic heterocycles. The molecular formula is C42H64N2O12. The van der Waals surface area contributed by atoms with Crippen LogP contribution in [0.2, 0.25) is 0 Å². The van der Waals surface area contributed by atoms with Gasteiger partial charge < -0.3 is 49.8 Å². The van der Waals surface area contributed by atoms with Crippen LogP contribution in [0.25, 0.3) is 10.8 Å². The van der Waals surface area contributed by atoms with E-state index in [-0.39, 0.29) is 64.4 Å². The summed E-state index contributed by atoms with van der Waals surface area (Å²) in [5, 5.41) is 61.0. The number of carbonyl (C=O) groups excluding carboxylic acids is 3. The van der Waals surface area contributed by atoms with Crippen molar-refractivity contribution in [2.24, 2.45) is 29.6 Å². The Balaban J connectivity index is 1.88. The number of rotatable bonds is 6. The molecule has 56 heavy (non-hydrogen) atoms. The first kappa shape index (κ1) is 45.0. The summed E-state index contributed by atoms with van der Waals surface area (Å²) in [7, 11) is 1.51. The summed E-state index contributed by atoms with van der Waals surface area (Å²) in [6, 6.07) is 0. The van der Waals surface area contributed by atoms with Crippen LogP contribution in [0.5, 0.6) is 23.0 Å². The number of esters is 1. The molecule has 0 spiro atoms. The van der Waals surface area contributed by atoms with E-state index in [4.69, 9.17) is 18.9 Å². The van der Waals surface area contributed by atoms with Crippen LogP contribution < -0.4 is 10.1 Å². The number of carbonyl (C=O) groups is 3. The van der Waals surface area contributed by atoms with E-state index in [9.17, 15) is 39.9 Å². The highest BCUT2D eigenvalue weighted by atomic mass is 16.7. The van der Waals surface area contributed by atoms with Crippen molar-refractivity contribution in [1.29, 1.82) is 0 Å². The SMILES string of the molecule is CCN(CC)Cc1c2c(O)c3c(O)c(C)c4c(c3c1O)C(=O)C(C)(OCCC(OC)C(C)C(OC(C)=O)C(C)C(O)C(C)C(O)C(C)CCCC(C)C(=O)N2)O4. The summed E-state index contributed by atoms with van der Waals surface area (Å²) >= 11 is 0. The van der Waals surface area contributed by atoms with E-state index in [1.165, 1.54) is 27.9 Å². The number of nitrogens with zero attached hydrogens (tertiary/aromatic N) is 1. The molecule has 14 heteroatoms. The summed E-state index contributed by atoms with van der Waals surface area (Å²) < 4.78 is 24.0. The molecule has 2 aromatic rings. The number of nitrogens with one attached hydrogen (secondary N) is 1. The summed E-state index contributed by atoms with van der Waals surface area (Å²) in [5.74, 6) is -7.35. The van der Waals surface area contributed by atoms with Crippen molar-refractivity contribution >= 4 is 34.1 Å². The molecule has 14 nitrogen and oxygen atoms in total. The number of anilines is 1. The number of Topliss-reactive ketones (excluding diaryl/α,β-unsaturated/α-hetero) is 1. The molecule has 0 saturated carbocycles. The van der Waals surface area contributed by atoms with Crippen LogP contribution in [-0.2, 0) is 30.3 Å². The van der Waals surface area contributed by atoms with Crippen molar-refractivity contribution in [3.05, 3.63) is 16.7 Å². The Morgan fingerprint density at radius 3 is 2.14 bits per heavy atom. The Morgan fingerprint density at radius 2 is 1.55 bits per heavy atom. The minimum Gasteiger partial charge on any atom is -0.507 e. The number of hydrogen-bond donors (Lipinski definition) is 6. The van der Waals surface area contributed by atoms with Crippen LogP contribution in [-0.4, -0.2) is 105 Å². The lowest BCUT2D eigenvalue weighted by molar-refractivity contribution is -0.164. The fourth-order valence-corrected chi connectivity index (χ4v) is 8.46. The van der Waals surface area contributed by atoms with Gasteiger partial charge in [0, 0.05) is 67.7 Å². The highest BCUT2D eigenvalue weighted by molar-refractivity contribution is 6.21. The fraction of sp³-hybridized carbons (Fsp3) is 0.690. The Labute approximate surface area is 330 Å². The number of phenolic OH excluding ortho intramolecular Hbond substituents is 3. The molecule has 3 aliphatic heterocycles. The van der Waals surface area contributed by atoms with E-state index in [0.717, 1.165) is 0 Å². The van der Waals surface area contributed by atoms with Crippen molar-refractivity contribution in [2.75, 3.05) is 32.1 Å². The maximum atomic E-state index is 14.4. The molecule has 5 rings (SSSR count). The van der Waals surface area contributed by atoms with E-state index in [1.54, 1.807) is 20.8 Å². The molecule has 2 aromatic carbocycles. The van der Waals surface area contributed by atoms with Gasteiger partial charge in [-0.25, -0.2) is 0 Å². The van der Waals surface area contributed by atoms with Crippen molar-refractivity contribution in [3.63, 3.8) is 0 Å². The van der Waals surface area contributed by atoms with Crippen molar-refractivity contribution in [3.8, 4) is 23.0 Å². The maximum Gasteiger partial charge on any atom is 0.302 e. The molecule has 314 valence electrons. The third-order valence-corrected chi connectivity index (χ3v) is 12.4. The van der Waals surface area contributed by atoms with Crippen LogP contribution in [0.1, 0.15) is 109 Å². The normalized spacial score (nSPS) is 31.1. The first-order valence-electron chi connectivity index (χ1n) is 20.0. The van der Waals surface area contributed by atoms with Gasteiger partial charge in [-0.1, -0.05) is 54.9 Å². The topological polar surface area (TPSA) is 205 Å². The number of hydrogen-bond acceptors (Lipinski definition) is 13. The van der Waals surface area contributed by atoms with Gasteiger partial charge in [-0.2, -0.15) is 0 Å². The predicted molar refractivity (Wildman–Crippen MR) is 211 cm³/mol. The Morgan fingerprint density at radius 1 is 0.911 bits per heavy atom. The van der Waals surface area contributed by atoms with Crippen LogP contribution >= 0.6 is 0 Å². The second-order valence-electron chi connectivity index (χ2n) is 16.2. The second-order valence-corrected chi connectivity index (χ2v) is 16.2. The lowest BCUT2D eigenvalue weighted by atomic mass is 9.77. The zero-order chi connectivity index (χ0) is 42.0. The summed E-state index contributed by atoms with van der Waals surface area (Å²) in [6.07, 6.45) is -1.61. The minimum absolute atomic E-state index is 0.0122. The largest absolute Gasteiger partial charge is 0.507 e. The maximum absolute atomic E-state index is 14.4. The highest BCUT2D eigenvalue weighted by Crippen LogP contribution is 2.55. The zero-order valence-electron chi connectivity index (χ0n) is 34.9. The minimum atomic E-state index is -1.91. The van der Waals surface area contributed by atoms with Crippen LogP contribution in [0, 0.1) is 36.5 Å². The van der Waals surface area contributed by atoms with Gasteiger partial charge in [0.1, 0.15) is 23.4 Å². The number of amides is 1. The predicted octanol–water partition coefficient (Wildman–Crippen LogP) is 5.78. The van der Waals surface area contributed by atoms with E-state index < -0.39 is 88.8 Å². The van der Waals surface area contributed by atoms with E-state index in [2.05, 4.69) is 5.32 Å². The Bertz CT molecular complexity index is 1760. The molecular weight excluding hydrogens is 724 g/mol. The van der Waals surface area contributed by atoms with Crippen LogP contribution in [0.4, 0.5) is 5.69 Å². The third kappa shape index (κ3) is 8.74. The van der Waals surface area contributed by atoms with Crippen molar-refractivity contribution in [1.82, 2.24) is 4.90 Å². The molecule has 10 unspecified atom stereocenters. The molecule has 5 bridgehead atoms. The summed E-state index contributed by atoms with van der Waals surface area (Å²) in [5.41, 5.74) is 0.146. The van der Waals surface area contributed by atoms with Gasteiger partial charge in [0.05, 0.1) is 41.6 Å². The molecule has 0 saturated heterocycles. The third-order valence-electron chi connectivity index (χ3n) is 12.4. The van der Waals surface area contributed by atoms with Gasteiger partial charge >= 0.3 is 5.97 Å². The molecule has 3 heterocycles. The van der Waals surface area contributed by atoms with Gasteiger partial charge in [-0.15, -0.1) is 0 Å². The number of ketones is 1. The van der Waals surface area contributed by atoms with Crippen molar-refractivity contribution < 1.29 is 58.9 Å². The van der Waals surface area contributed by atoms with Gasteiger partial charge in [0.15, 0.2) is 5.75 Å². The molecule has 6 N–H and O–H groups in total. The number of methoxy groups -OCH3 is 1. The zero-order valence-corrected chi connectivity index (χ0v) is 34.9. The van der Waals surface area contributed by atoms with E-state index in [1.807, 2.05) is 32.6 Å². The van der Waals surface area contributed by atoms with Crippen molar-refractivity contribution in [2.45, 2.75) is 132 Å². The monoisotopic (exact) mass is 788 g/mol. The first-order chi connectivity index (χ1) is 26.3. The van der Waals surface area contributed by atoms with Gasteiger partial charge in [-0.3, -0.25) is 19.3 Å². The van der Waals surface area contributed by atoms with Gasteiger partial charge in [0.25, 0.3) is 5.79 Å². The Hall–Kier alpha value is -3.69. The number of aromatic hydroxyl groups is 3. The molecule has 10 atom stereocenters. The number of fused-ring (bicyclic) bond motifs is 17. The number of aliphatic hydroxyl groups is 2. The lowest BCUT2D eigenvalue weighted by Crippen LogP contribution is -2.47. The lowest BCUT2D eigenvalue weighted by Gasteiger charge is -2.39. The average molecular weight is 789 g/mol. The fourth-order valence-electron chi connectivity index (χ4n) is 8.46. The first-order valence-corrected chi connectivity index (χ1v) is 20.0. The average Bonchev–Trinajstić information content (AvgIpc) is 3.43. The molecule has 1 amide bonds. The Kier molecular flexibility index (Phi) is 14.7. The molecule has 0 radical (unpaired) electrons. The number of phenols is 3. The highest BCUT2D eigenvalue weighted by Gasteiger charge is 2.49. The molecule has 0 fully saturated rings. The number of benzene rings is 2. The summed E-state index contributed by atoms with van der Waals surface area (Å²) in [6.45, 7) is 18.3. The van der Waals surface area contributed by atoms with E-state index >= 15 is 0 Å².